The van der Waals surface area contributed by atoms with Gasteiger partial charge in [-0.1, -0.05) is 20.8 Å². The first-order valence-corrected chi connectivity index (χ1v) is 15.8. The number of nitrogens with one attached hydrogen (secondary N) is 2. The molecule has 0 bridgehead atoms. The van der Waals surface area contributed by atoms with Crippen LogP contribution in [0.3, 0.4) is 0 Å². The number of carboxylic acids is 1. The Hall–Kier alpha value is -2.15. The number of thioether (sulfide) groups is 2. The molecule has 39 heavy (non-hydrogen) atoms. The Bertz CT molecular complexity index is 778. The molecule has 0 aromatic carbocycles. The van der Waals surface area contributed by atoms with Crippen LogP contribution in [0, 0.1) is 5.92 Å². The van der Waals surface area contributed by atoms with Crippen LogP contribution in [-0.4, -0.2) is 113 Å². The van der Waals surface area contributed by atoms with Gasteiger partial charge >= 0.3 is 12.1 Å². The number of rotatable bonds is 20. The predicted molar refractivity (Wildman–Crippen MR) is 157 cm³/mol. The van der Waals surface area contributed by atoms with Crippen molar-refractivity contribution in [1.82, 2.24) is 20.4 Å². The summed E-state index contributed by atoms with van der Waals surface area (Å²) >= 11 is 3.05. The van der Waals surface area contributed by atoms with Gasteiger partial charge in [-0.05, 0) is 20.8 Å². The summed E-state index contributed by atoms with van der Waals surface area (Å²) in [6.07, 6.45) is 0.304. The number of nitrogens with zero attached hydrogens (tertiary/aromatic N) is 2. The summed E-state index contributed by atoms with van der Waals surface area (Å²) in [5, 5.41) is 14.3. The van der Waals surface area contributed by atoms with Crippen LogP contribution in [0.15, 0.2) is 0 Å². The third-order valence-electron chi connectivity index (χ3n) is 5.33. The van der Waals surface area contributed by atoms with Crippen molar-refractivity contribution in [2.75, 3.05) is 62.3 Å². The smallest absolute Gasteiger partial charge is 0.407 e. The quantitative estimate of drug-likeness (QED) is 0.182. The number of alkyl carbamates (subject to hydrolysis) is 1. The van der Waals surface area contributed by atoms with Crippen molar-refractivity contribution >= 4 is 53.3 Å². The molecule has 0 aliphatic carbocycles. The number of hydrogen-bond acceptors (Lipinski definition) is 8. The van der Waals surface area contributed by atoms with Crippen LogP contribution < -0.4 is 10.6 Å². The number of hydrogen-bond donors (Lipinski definition) is 3. The maximum absolute atomic E-state index is 12.5. The third kappa shape index (κ3) is 19.5. The molecular formula is C26H48N4O7S2. The molecule has 0 radical (unpaired) electrons. The van der Waals surface area contributed by atoms with Crippen LogP contribution in [0.4, 0.5) is 4.79 Å². The standard InChI is InChI=1S/C26H48N4O7S2/c1-7-21(31)29(12-10-27-24(35)20(3)19-39-16-9-23(33)34)13-14-30(22(32)8-2)15-18-38-17-11-28-25(36)37-26(4,5)6/h20H,7-19H2,1-6H3,(H,27,35)(H,28,36)(H,33,34). The average Bonchev–Trinajstić information content (AvgIpc) is 2.86. The molecule has 0 spiro atoms. The summed E-state index contributed by atoms with van der Waals surface area (Å²) in [7, 11) is 0. The van der Waals surface area contributed by atoms with E-state index >= 15 is 0 Å². The second-order valence-corrected chi connectivity index (χ2v) is 12.3. The zero-order valence-corrected chi connectivity index (χ0v) is 26.0. The second-order valence-electron chi connectivity index (χ2n) is 9.92. The lowest BCUT2D eigenvalue weighted by Crippen LogP contribution is -2.45. The van der Waals surface area contributed by atoms with E-state index in [0.29, 0.717) is 75.1 Å². The van der Waals surface area contributed by atoms with Crippen LogP contribution in [0.25, 0.3) is 0 Å². The lowest BCUT2D eigenvalue weighted by molar-refractivity contribution is -0.136. The van der Waals surface area contributed by atoms with Crippen molar-refractivity contribution in [3.63, 3.8) is 0 Å². The Morgan fingerprint density at radius 1 is 0.821 bits per heavy atom. The monoisotopic (exact) mass is 592 g/mol. The van der Waals surface area contributed by atoms with Crippen LogP contribution in [0.5, 0.6) is 0 Å². The minimum atomic E-state index is -0.856. The highest BCUT2D eigenvalue weighted by molar-refractivity contribution is 7.99. The molecule has 11 nitrogen and oxygen atoms in total. The number of carboxylic acid groups (broad SMARTS) is 1. The topological polar surface area (TPSA) is 145 Å². The van der Waals surface area contributed by atoms with Crippen LogP contribution in [0.1, 0.15) is 60.8 Å². The minimum Gasteiger partial charge on any atom is -0.481 e. The summed E-state index contributed by atoms with van der Waals surface area (Å²) in [6, 6.07) is 0. The number of ether oxygens (including phenoxy) is 1. The molecule has 0 aromatic heterocycles. The molecule has 1 atom stereocenters. The highest BCUT2D eigenvalue weighted by atomic mass is 32.2. The Balaban J connectivity index is 4.54. The molecular weight excluding hydrogens is 544 g/mol. The average molecular weight is 593 g/mol. The van der Waals surface area contributed by atoms with Crippen molar-refractivity contribution in [1.29, 1.82) is 0 Å². The van der Waals surface area contributed by atoms with Crippen molar-refractivity contribution < 1.29 is 33.8 Å². The molecule has 1 unspecified atom stereocenters. The molecule has 0 heterocycles. The van der Waals surface area contributed by atoms with Gasteiger partial charge in [0.2, 0.25) is 17.7 Å². The van der Waals surface area contributed by atoms with Crippen molar-refractivity contribution in [3.05, 3.63) is 0 Å². The molecule has 4 amide bonds. The first kappa shape index (κ1) is 36.8. The summed E-state index contributed by atoms with van der Waals surface area (Å²) in [6.45, 7) is 13.2. The van der Waals surface area contributed by atoms with E-state index < -0.39 is 17.7 Å². The van der Waals surface area contributed by atoms with Gasteiger partial charge in [0.15, 0.2) is 0 Å². The van der Waals surface area contributed by atoms with Gasteiger partial charge in [0, 0.05) is 81.0 Å². The van der Waals surface area contributed by atoms with E-state index in [1.54, 1.807) is 63.1 Å². The first-order valence-electron chi connectivity index (χ1n) is 13.5. The molecule has 3 N–H and O–H groups in total. The van der Waals surface area contributed by atoms with Crippen molar-refractivity contribution in [2.45, 2.75) is 66.4 Å². The van der Waals surface area contributed by atoms with Gasteiger partial charge in [-0.15, -0.1) is 0 Å². The first-order chi connectivity index (χ1) is 18.3. The molecule has 0 saturated carbocycles. The van der Waals surface area contributed by atoms with Crippen molar-refractivity contribution in [3.8, 4) is 0 Å². The third-order valence-corrected chi connectivity index (χ3v) is 7.52. The Morgan fingerprint density at radius 3 is 1.95 bits per heavy atom. The molecule has 13 heteroatoms. The van der Waals surface area contributed by atoms with Gasteiger partial charge in [-0.3, -0.25) is 19.2 Å². The maximum atomic E-state index is 12.5. The number of aliphatic carboxylic acids is 1. The molecule has 226 valence electrons. The number of carbonyl (C=O) groups excluding carboxylic acids is 4. The predicted octanol–water partition coefficient (Wildman–Crippen LogP) is 2.68. The van der Waals surface area contributed by atoms with E-state index in [0.717, 1.165) is 0 Å². The van der Waals surface area contributed by atoms with Gasteiger partial charge in [0.25, 0.3) is 0 Å². The largest absolute Gasteiger partial charge is 0.481 e. The summed E-state index contributed by atoms with van der Waals surface area (Å²) in [5.41, 5.74) is -0.543. The van der Waals surface area contributed by atoms with E-state index in [2.05, 4.69) is 10.6 Å². The lowest BCUT2D eigenvalue weighted by atomic mass is 10.2. The van der Waals surface area contributed by atoms with Crippen LogP contribution in [-0.2, 0) is 23.9 Å². The normalized spacial score (nSPS) is 11.8. The van der Waals surface area contributed by atoms with E-state index in [1.165, 1.54) is 11.8 Å². The summed E-state index contributed by atoms with van der Waals surface area (Å²) in [5.74, 6) is 1.07. The Morgan fingerprint density at radius 2 is 1.41 bits per heavy atom. The fourth-order valence-corrected chi connectivity index (χ4v) is 5.00. The van der Waals surface area contributed by atoms with E-state index in [-0.39, 0.29) is 30.1 Å². The van der Waals surface area contributed by atoms with Gasteiger partial charge in [-0.25, -0.2) is 4.79 Å². The molecule has 0 aliphatic rings. The summed E-state index contributed by atoms with van der Waals surface area (Å²) in [4.78, 5) is 63.0. The van der Waals surface area contributed by atoms with E-state index in [1.807, 2.05) is 0 Å². The second kappa shape index (κ2) is 20.7. The van der Waals surface area contributed by atoms with Gasteiger partial charge < -0.3 is 30.3 Å². The van der Waals surface area contributed by atoms with E-state index in [4.69, 9.17) is 9.84 Å². The number of amides is 4. The Labute approximate surface area is 241 Å². The van der Waals surface area contributed by atoms with Crippen LogP contribution >= 0.6 is 23.5 Å². The SMILES string of the molecule is CCC(=O)N(CCNC(=O)C(C)CSCCC(=O)O)CCN(CCSCCNC(=O)OC(C)(C)C)C(=O)CC. The fourth-order valence-electron chi connectivity index (χ4n) is 3.21. The molecule has 0 aliphatic heterocycles. The zero-order valence-electron chi connectivity index (χ0n) is 24.4. The molecule has 0 saturated heterocycles. The molecule has 0 rings (SSSR count). The van der Waals surface area contributed by atoms with Gasteiger partial charge in [0.05, 0.1) is 6.42 Å². The molecule has 0 fully saturated rings. The highest BCUT2D eigenvalue weighted by Crippen LogP contribution is 2.10. The lowest BCUT2D eigenvalue weighted by Gasteiger charge is -2.28. The van der Waals surface area contributed by atoms with Gasteiger partial charge in [0.1, 0.15) is 5.60 Å². The minimum absolute atomic E-state index is 0.00824. The summed E-state index contributed by atoms with van der Waals surface area (Å²) < 4.78 is 5.20. The van der Waals surface area contributed by atoms with Crippen molar-refractivity contribution in [2.24, 2.45) is 5.92 Å². The van der Waals surface area contributed by atoms with Crippen LogP contribution in [0.2, 0.25) is 0 Å². The maximum Gasteiger partial charge on any atom is 0.407 e. The Kier molecular flexibility index (Phi) is 19.6. The van der Waals surface area contributed by atoms with E-state index in [9.17, 15) is 24.0 Å². The van der Waals surface area contributed by atoms with Gasteiger partial charge in [-0.2, -0.15) is 23.5 Å². The highest BCUT2D eigenvalue weighted by Gasteiger charge is 2.18. The number of carbonyl (C=O) groups is 5. The molecule has 0 aromatic rings. The zero-order chi connectivity index (χ0) is 29.8. The fraction of sp³-hybridized carbons (Fsp3) is 0.808.